The van der Waals surface area contributed by atoms with E-state index in [1.807, 2.05) is 36.1 Å². The molecule has 2 heterocycles. The van der Waals surface area contributed by atoms with Gasteiger partial charge in [-0.2, -0.15) is 4.98 Å². The maximum absolute atomic E-state index is 12.6. The second-order valence-corrected chi connectivity index (χ2v) is 7.96. The molecular weight excluding hydrogens is 378 g/mol. The Kier molecular flexibility index (Phi) is 5.84. The molecule has 1 atom stereocenters. The van der Waals surface area contributed by atoms with E-state index in [1.54, 1.807) is 0 Å². The van der Waals surface area contributed by atoms with Crippen molar-refractivity contribution < 1.29 is 14.1 Å². The number of benzene rings is 2. The van der Waals surface area contributed by atoms with Crippen LogP contribution in [0.5, 0.6) is 5.75 Å². The molecule has 3 aromatic rings. The summed E-state index contributed by atoms with van der Waals surface area (Å²) in [5.41, 5.74) is 3.22. The Labute approximate surface area is 176 Å². The molecule has 0 N–H and O–H groups in total. The molecule has 0 spiro atoms. The summed E-state index contributed by atoms with van der Waals surface area (Å²) >= 11 is 0. The van der Waals surface area contributed by atoms with Gasteiger partial charge in [0, 0.05) is 19.5 Å². The zero-order chi connectivity index (χ0) is 21.1. The lowest BCUT2D eigenvalue weighted by atomic mass is 10.0. The largest absolute Gasteiger partial charge is 0.493 e. The number of para-hydroxylation sites is 1. The number of likely N-dealkylation sites (tertiary alicyclic amines) is 1. The van der Waals surface area contributed by atoms with Crippen LogP contribution in [0.4, 0.5) is 0 Å². The van der Waals surface area contributed by atoms with Crippen molar-refractivity contribution in [2.24, 2.45) is 0 Å². The van der Waals surface area contributed by atoms with Gasteiger partial charge in [-0.25, -0.2) is 0 Å². The van der Waals surface area contributed by atoms with Crippen molar-refractivity contribution in [3.8, 4) is 17.1 Å². The molecule has 6 heteroatoms. The van der Waals surface area contributed by atoms with E-state index < -0.39 is 0 Å². The van der Waals surface area contributed by atoms with Crippen molar-refractivity contribution in [2.75, 3.05) is 13.2 Å². The summed E-state index contributed by atoms with van der Waals surface area (Å²) in [6.45, 7) is 8.03. The highest BCUT2D eigenvalue weighted by molar-refractivity contribution is 5.79. The summed E-state index contributed by atoms with van der Waals surface area (Å²) in [5, 5.41) is 4.14. The number of carbonyl (C=O) groups excluding carboxylic acids is 1. The first-order valence-electron chi connectivity index (χ1n) is 10.5. The maximum Gasteiger partial charge on any atom is 0.232 e. The lowest BCUT2D eigenvalue weighted by molar-refractivity contribution is -0.128. The van der Waals surface area contributed by atoms with E-state index in [2.05, 4.69) is 48.3 Å². The van der Waals surface area contributed by atoms with Gasteiger partial charge in [0.1, 0.15) is 5.75 Å². The van der Waals surface area contributed by atoms with Crippen LogP contribution in [0, 0.1) is 0 Å². The van der Waals surface area contributed by atoms with Gasteiger partial charge in [0.2, 0.25) is 17.6 Å². The third-order valence-electron chi connectivity index (χ3n) is 5.45. The summed E-state index contributed by atoms with van der Waals surface area (Å²) < 4.78 is 11.2. The van der Waals surface area contributed by atoms with Crippen LogP contribution >= 0.6 is 0 Å². The fraction of sp³-hybridized carbons (Fsp3) is 0.375. The minimum Gasteiger partial charge on any atom is -0.493 e. The molecule has 30 heavy (non-hydrogen) atoms. The van der Waals surface area contributed by atoms with Crippen LogP contribution in [0.3, 0.4) is 0 Å². The van der Waals surface area contributed by atoms with Gasteiger partial charge in [-0.05, 0) is 36.1 Å². The highest BCUT2D eigenvalue weighted by Gasteiger charge is 2.34. The van der Waals surface area contributed by atoms with Crippen LogP contribution in [0.25, 0.3) is 11.4 Å². The average molecular weight is 405 g/mol. The predicted molar refractivity (Wildman–Crippen MR) is 114 cm³/mol. The standard InChI is InChI=1S/C24H27N3O3/c1-4-29-21-8-6-5-7-20(21)23-25-24(30-26-23)19-13-22(28)27(15-19)14-17-9-11-18(12-10-17)16(2)3/h5-12,16,19H,4,13-15H2,1-3H3. The minimum atomic E-state index is -0.0899. The Morgan fingerprint density at radius 2 is 1.93 bits per heavy atom. The molecular formula is C24H27N3O3. The molecule has 0 radical (unpaired) electrons. The molecule has 0 aliphatic carbocycles. The van der Waals surface area contributed by atoms with Crippen LogP contribution in [-0.4, -0.2) is 34.1 Å². The van der Waals surface area contributed by atoms with Crippen molar-refractivity contribution in [3.05, 3.63) is 65.5 Å². The number of hydrogen-bond donors (Lipinski definition) is 0. The molecule has 1 aromatic heterocycles. The van der Waals surface area contributed by atoms with E-state index in [0.29, 0.717) is 43.8 Å². The monoisotopic (exact) mass is 405 g/mol. The van der Waals surface area contributed by atoms with Gasteiger partial charge in [0.25, 0.3) is 0 Å². The summed E-state index contributed by atoms with van der Waals surface area (Å²) in [5.74, 6) is 2.24. The summed E-state index contributed by atoms with van der Waals surface area (Å²) in [7, 11) is 0. The zero-order valence-electron chi connectivity index (χ0n) is 17.7. The van der Waals surface area contributed by atoms with Crippen LogP contribution in [0.15, 0.2) is 53.1 Å². The van der Waals surface area contributed by atoms with Crippen LogP contribution in [0.2, 0.25) is 0 Å². The van der Waals surface area contributed by atoms with Gasteiger partial charge < -0.3 is 14.2 Å². The number of ether oxygens (including phenoxy) is 1. The lowest BCUT2D eigenvalue weighted by Crippen LogP contribution is -2.24. The van der Waals surface area contributed by atoms with Crippen LogP contribution < -0.4 is 4.74 Å². The van der Waals surface area contributed by atoms with Crippen LogP contribution in [0.1, 0.15) is 56.0 Å². The summed E-state index contributed by atoms with van der Waals surface area (Å²) in [6.07, 6.45) is 0.388. The topological polar surface area (TPSA) is 68.5 Å². The molecule has 4 rings (SSSR count). The average Bonchev–Trinajstić information content (AvgIpc) is 3.36. The smallest absolute Gasteiger partial charge is 0.232 e. The fourth-order valence-electron chi connectivity index (χ4n) is 3.76. The van der Waals surface area contributed by atoms with Gasteiger partial charge in [-0.1, -0.05) is 55.4 Å². The molecule has 1 aliphatic rings. The quantitative estimate of drug-likeness (QED) is 0.566. The first-order chi connectivity index (χ1) is 14.5. The van der Waals surface area contributed by atoms with Gasteiger partial charge in [0.05, 0.1) is 18.1 Å². The molecule has 1 aliphatic heterocycles. The number of nitrogens with zero attached hydrogens (tertiary/aromatic N) is 3. The Bertz CT molecular complexity index is 1010. The molecule has 156 valence electrons. The molecule has 2 aromatic carbocycles. The molecule has 0 saturated carbocycles. The lowest BCUT2D eigenvalue weighted by Gasteiger charge is -2.16. The SMILES string of the molecule is CCOc1ccccc1-c1noc(C2CC(=O)N(Cc3ccc(C(C)C)cc3)C2)n1. The Hall–Kier alpha value is -3.15. The summed E-state index contributed by atoms with van der Waals surface area (Å²) in [4.78, 5) is 19.0. The van der Waals surface area contributed by atoms with E-state index in [-0.39, 0.29) is 11.8 Å². The van der Waals surface area contributed by atoms with E-state index in [9.17, 15) is 4.79 Å². The van der Waals surface area contributed by atoms with Gasteiger partial charge >= 0.3 is 0 Å². The third-order valence-corrected chi connectivity index (χ3v) is 5.45. The molecule has 0 bridgehead atoms. The zero-order valence-corrected chi connectivity index (χ0v) is 17.7. The van der Waals surface area contributed by atoms with Gasteiger partial charge in [-0.15, -0.1) is 0 Å². The Morgan fingerprint density at radius 1 is 1.17 bits per heavy atom. The molecule has 1 fully saturated rings. The highest BCUT2D eigenvalue weighted by Crippen LogP contribution is 2.32. The van der Waals surface area contributed by atoms with Gasteiger partial charge in [-0.3, -0.25) is 4.79 Å². The van der Waals surface area contributed by atoms with Gasteiger partial charge in [0.15, 0.2) is 0 Å². The second-order valence-electron chi connectivity index (χ2n) is 7.96. The highest BCUT2D eigenvalue weighted by atomic mass is 16.5. The van der Waals surface area contributed by atoms with E-state index >= 15 is 0 Å². The fourth-order valence-corrected chi connectivity index (χ4v) is 3.76. The summed E-state index contributed by atoms with van der Waals surface area (Å²) in [6, 6.07) is 16.1. The maximum atomic E-state index is 12.6. The van der Waals surface area contributed by atoms with Crippen LogP contribution in [-0.2, 0) is 11.3 Å². The number of amides is 1. The third kappa shape index (κ3) is 4.22. The number of rotatable bonds is 7. The van der Waals surface area contributed by atoms with Crippen molar-refractivity contribution in [3.63, 3.8) is 0 Å². The number of aromatic nitrogens is 2. The van der Waals surface area contributed by atoms with Crippen molar-refractivity contribution in [2.45, 2.75) is 45.6 Å². The minimum absolute atomic E-state index is 0.0899. The normalized spacial score (nSPS) is 16.5. The Morgan fingerprint density at radius 3 is 2.67 bits per heavy atom. The molecule has 1 unspecified atom stereocenters. The van der Waals surface area contributed by atoms with Crippen molar-refractivity contribution in [1.82, 2.24) is 15.0 Å². The molecule has 1 amide bonds. The Balaban J connectivity index is 1.46. The van der Waals surface area contributed by atoms with Crippen molar-refractivity contribution in [1.29, 1.82) is 0 Å². The number of carbonyl (C=O) groups is 1. The first kappa shape index (κ1) is 20.1. The molecule has 1 saturated heterocycles. The second kappa shape index (κ2) is 8.69. The first-order valence-corrected chi connectivity index (χ1v) is 10.5. The van der Waals surface area contributed by atoms with E-state index in [1.165, 1.54) is 5.56 Å². The molecule has 6 nitrogen and oxygen atoms in total. The van der Waals surface area contributed by atoms with E-state index in [4.69, 9.17) is 9.26 Å². The predicted octanol–water partition coefficient (Wildman–Crippen LogP) is 4.77. The number of hydrogen-bond acceptors (Lipinski definition) is 5. The van der Waals surface area contributed by atoms with E-state index in [0.717, 1.165) is 16.9 Å². The van der Waals surface area contributed by atoms with Crippen molar-refractivity contribution >= 4 is 5.91 Å².